The number of carbonyl (C=O) groups excluding carboxylic acids is 1. The number of anilines is 1. The van der Waals surface area contributed by atoms with Gasteiger partial charge in [0.2, 0.25) is 0 Å². The SMILES string of the molecule is CCc1cccc(CC)c1NCC(=O)NN. The molecule has 4 N–H and O–H groups in total. The Morgan fingerprint density at radius 2 is 1.81 bits per heavy atom. The van der Waals surface area contributed by atoms with Gasteiger partial charge in [-0.25, -0.2) is 5.84 Å². The molecular formula is C12H19N3O. The summed E-state index contributed by atoms with van der Waals surface area (Å²) in [7, 11) is 0. The molecule has 0 fully saturated rings. The standard InChI is InChI=1S/C12H19N3O/c1-3-9-6-5-7-10(4-2)12(9)14-8-11(16)15-13/h5-7,14H,3-4,8,13H2,1-2H3,(H,15,16). The fourth-order valence-corrected chi connectivity index (χ4v) is 1.69. The average Bonchev–Trinajstić information content (AvgIpc) is 2.35. The van der Waals surface area contributed by atoms with Gasteiger partial charge in [0, 0.05) is 5.69 Å². The van der Waals surface area contributed by atoms with Crippen molar-refractivity contribution in [2.45, 2.75) is 26.7 Å². The van der Waals surface area contributed by atoms with E-state index in [2.05, 4.69) is 36.7 Å². The summed E-state index contributed by atoms with van der Waals surface area (Å²) < 4.78 is 0. The Kier molecular flexibility index (Phi) is 4.79. The summed E-state index contributed by atoms with van der Waals surface area (Å²) in [5.41, 5.74) is 5.63. The number of rotatable bonds is 5. The van der Waals surface area contributed by atoms with Gasteiger partial charge in [-0.2, -0.15) is 0 Å². The number of hydrazine groups is 1. The predicted molar refractivity (Wildman–Crippen MR) is 66.0 cm³/mol. The summed E-state index contributed by atoms with van der Waals surface area (Å²) in [6, 6.07) is 6.19. The van der Waals surface area contributed by atoms with Gasteiger partial charge in [-0.15, -0.1) is 0 Å². The molecule has 1 amide bonds. The maximum atomic E-state index is 11.1. The lowest BCUT2D eigenvalue weighted by Crippen LogP contribution is -2.35. The van der Waals surface area contributed by atoms with Crippen molar-refractivity contribution in [3.05, 3.63) is 29.3 Å². The highest BCUT2D eigenvalue weighted by atomic mass is 16.2. The second-order valence-electron chi connectivity index (χ2n) is 3.58. The van der Waals surface area contributed by atoms with Crippen LogP contribution in [-0.2, 0) is 17.6 Å². The molecule has 0 aliphatic heterocycles. The fourth-order valence-electron chi connectivity index (χ4n) is 1.69. The van der Waals surface area contributed by atoms with Crippen LogP contribution >= 0.6 is 0 Å². The van der Waals surface area contributed by atoms with Gasteiger partial charge in [-0.05, 0) is 24.0 Å². The van der Waals surface area contributed by atoms with Gasteiger partial charge < -0.3 is 5.32 Å². The normalized spacial score (nSPS) is 9.94. The monoisotopic (exact) mass is 221 g/mol. The van der Waals surface area contributed by atoms with Gasteiger partial charge in [-0.1, -0.05) is 32.0 Å². The molecule has 0 aromatic heterocycles. The van der Waals surface area contributed by atoms with E-state index >= 15 is 0 Å². The summed E-state index contributed by atoms with van der Waals surface area (Å²) in [6.45, 7) is 4.41. The van der Waals surface area contributed by atoms with E-state index in [-0.39, 0.29) is 12.5 Å². The Morgan fingerprint density at radius 1 is 1.25 bits per heavy atom. The van der Waals surface area contributed by atoms with Crippen LogP contribution < -0.4 is 16.6 Å². The molecule has 0 saturated carbocycles. The minimum atomic E-state index is -0.215. The third-order valence-corrected chi connectivity index (χ3v) is 2.59. The first kappa shape index (κ1) is 12.5. The van der Waals surface area contributed by atoms with Gasteiger partial charge >= 0.3 is 0 Å². The van der Waals surface area contributed by atoms with Crippen LogP contribution in [0.4, 0.5) is 5.69 Å². The van der Waals surface area contributed by atoms with E-state index in [0.717, 1.165) is 18.5 Å². The van der Waals surface area contributed by atoms with E-state index in [1.807, 2.05) is 6.07 Å². The topological polar surface area (TPSA) is 67.2 Å². The van der Waals surface area contributed by atoms with Crippen LogP contribution in [-0.4, -0.2) is 12.5 Å². The van der Waals surface area contributed by atoms with Crippen LogP contribution in [0.15, 0.2) is 18.2 Å². The highest BCUT2D eigenvalue weighted by molar-refractivity contribution is 5.80. The van der Waals surface area contributed by atoms with Gasteiger partial charge in [0.15, 0.2) is 0 Å². The van der Waals surface area contributed by atoms with E-state index in [1.54, 1.807) is 0 Å². The van der Waals surface area contributed by atoms with Crippen LogP contribution in [0.2, 0.25) is 0 Å². The predicted octanol–water partition coefficient (Wildman–Crippen LogP) is 1.21. The Balaban J connectivity index is 2.86. The molecule has 1 aromatic carbocycles. The molecule has 4 heteroatoms. The van der Waals surface area contributed by atoms with Crippen LogP contribution in [0.3, 0.4) is 0 Å². The van der Waals surface area contributed by atoms with Crippen LogP contribution in [0.1, 0.15) is 25.0 Å². The van der Waals surface area contributed by atoms with Crippen molar-refractivity contribution in [2.24, 2.45) is 5.84 Å². The van der Waals surface area contributed by atoms with E-state index in [4.69, 9.17) is 5.84 Å². The first-order chi connectivity index (χ1) is 7.72. The van der Waals surface area contributed by atoms with Crippen molar-refractivity contribution in [1.29, 1.82) is 0 Å². The maximum absolute atomic E-state index is 11.1. The number of para-hydroxylation sites is 1. The number of benzene rings is 1. The second-order valence-corrected chi connectivity index (χ2v) is 3.58. The second kappa shape index (κ2) is 6.12. The number of hydrogen-bond donors (Lipinski definition) is 3. The molecule has 0 aliphatic carbocycles. The van der Waals surface area contributed by atoms with Crippen LogP contribution in [0.25, 0.3) is 0 Å². The Bertz CT molecular complexity index is 341. The lowest BCUT2D eigenvalue weighted by molar-refractivity contribution is -0.119. The van der Waals surface area contributed by atoms with E-state index < -0.39 is 0 Å². The Morgan fingerprint density at radius 3 is 2.25 bits per heavy atom. The summed E-state index contributed by atoms with van der Waals surface area (Å²) in [5.74, 6) is 4.82. The molecule has 4 nitrogen and oxygen atoms in total. The molecule has 0 aliphatic rings. The smallest absolute Gasteiger partial charge is 0.253 e. The number of hydrogen-bond acceptors (Lipinski definition) is 3. The Hall–Kier alpha value is -1.55. The quantitative estimate of drug-likeness (QED) is 0.398. The van der Waals surface area contributed by atoms with E-state index in [0.29, 0.717) is 0 Å². The summed E-state index contributed by atoms with van der Waals surface area (Å²) >= 11 is 0. The minimum Gasteiger partial charge on any atom is -0.376 e. The molecule has 1 rings (SSSR count). The molecule has 88 valence electrons. The molecule has 0 saturated heterocycles. The van der Waals surface area contributed by atoms with Gasteiger partial charge in [0.1, 0.15) is 0 Å². The number of amides is 1. The molecule has 0 unspecified atom stereocenters. The van der Waals surface area contributed by atoms with Crippen molar-refractivity contribution in [2.75, 3.05) is 11.9 Å². The number of nitrogens with one attached hydrogen (secondary N) is 2. The lowest BCUT2D eigenvalue weighted by atomic mass is 10.0. The highest BCUT2D eigenvalue weighted by Gasteiger charge is 2.06. The largest absolute Gasteiger partial charge is 0.376 e. The van der Waals surface area contributed by atoms with Crippen LogP contribution in [0.5, 0.6) is 0 Å². The first-order valence-corrected chi connectivity index (χ1v) is 5.57. The molecule has 1 aromatic rings. The molecule has 0 spiro atoms. The van der Waals surface area contributed by atoms with Crippen molar-refractivity contribution in [1.82, 2.24) is 5.43 Å². The minimum absolute atomic E-state index is 0.209. The highest BCUT2D eigenvalue weighted by Crippen LogP contribution is 2.22. The molecule has 16 heavy (non-hydrogen) atoms. The number of aryl methyl sites for hydroxylation is 2. The zero-order valence-corrected chi connectivity index (χ0v) is 9.84. The van der Waals surface area contributed by atoms with Crippen LogP contribution in [0, 0.1) is 0 Å². The zero-order chi connectivity index (χ0) is 12.0. The molecule has 0 bridgehead atoms. The fraction of sp³-hybridized carbons (Fsp3) is 0.417. The van der Waals surface area contributed by atoms with Gasteiger partial charge in [0.05, 0.1) is 6.54 Å². The molecule has 0 radical (unpaired) electrons. The third kappa shape index (κ3) is 2.97. The third-order valence-electron chi connectivity index (χ3n) is 2.59. The first-order valence-electron chi connectivity index (χ1n) is 5.57. The summed E-state index contributed by atoms with van der Waals surface area (Å²) in [4.78, 5) is 11.1. The summed E-state index contributed by atoms with van der Waals surface area (Å²) in [5, 5.41) is 3.14. The van der Waals surface area contributed by atoms with Gasteiger partial charge in [-0.3, -0.25) is 10.2 Å². The average molecular weight is 221 g/mol. The Labute approximate surface area is 96.2 Å². The van der Waals surface area contributed by atoms with E-state index in [1.165, 1.54) is 11.1 Å². The van der Waals surface area contributed by atoms with Crippen molar-refractivity contribution in [3.63, 3.8) is 0 Å². The van der Waals surface area contributed by atoms with Gasteiger partial charge in [0.25, 0.3) is 5.91 Å². The lowest BCUT2D eigenvalue weighted by Gasteiger charge is -2.14. The number of nitrogens with two attached hydrogens (primary N) is 1. The molecular weight excluding hydrogens is 202 g/mol. The maximum Gasteiger partial charge on any atom is 0.253 e. The van der Waals surface area contributed by atoms with E-state index in [9.17, 15) is 4.79 Å². The molecule has 0 atom stereocenters. The van der Waals surface area contributed by atoms with Crippen molar-refractivity contribution in [3.8, 4) is 0 Å². The van der Waals surface area contributed by atoms with Crippen molar-refractivity contribution >= 4 is 11.6 Å². The van der Waals surface area contributed by atoms with Crippen molar-refractivity contribution < 1.29 is 4.79 Å². The molecule has 0 heterocycles. The summed E-state index contributed by atoms with van der Waals surface area (Å²) in [6.07, 6.45) is 1.89. The number of carbonyl (C=O) groups is 1. The zero-order valence-electron chi connectivity index (χ0n) is 9.84.